The van der Waals surface area contributed by atoms with E-state index in [0.717, 1.165) is 112 Å². The van der Waals surface area contributed by atoms with E-state index < -0.39 is 50.5 Å². The third-order valence-corrected chi connectivity index (χ3v) is 27.3. The summed E-state index contributed by atoms with van der Waals surface area (Å²) in [6, 6.07) is 12.5. The number of allylic oxidation sites excluding steroid dienone is 5. The molecule has 456 valence electrons. The third-order valence-electron chi connectivity index (χ3n) is 27.3. The number of nitrogens with two attached hydrogens (primary N) is 1. The number of Topliss-reactive ketones (excluding diaryl/α,β-unsaturated/α-hetero) is 2. The SMILES string of the molecule is CNCc1cc(O)cc([C@]23CCC[C@]45CC(=O)C6=C4CC[C@@H]4[C@]7(C)[C@H]2C=CC[C@]2(CCCC[C@@](C)(O)CN[C@H](C[C@@]45[C@H](CO)CC[C@@H]4CC[C@@H](CO)[C@@H]5C=C[C@@H]([C@@H](O)[C@H]8O[C@]8(C)[C@@H]8CCC[C@H]8c8cc(N)cc(CC(C)C)c8)[C@H]6[C@@H]45)[C@@H]27)C3=O)c1. The molecule has 11 heteroatoms. The number of aliphatic hydroxyl groups is 4. The maximum Gasteiger partial charge on any atom is 0.160 e. The van der Waals surface area contributed by atoms with Crippen LogP contribution < -0.4 is 16.4 Å². The summed E-state index contributed by atoms with van der Waals surface area (Å²) in [5, 5.41) is 69.1. The van der Waals surface area contributed by atoms with Crippen molar-refractivity contribution < 1.29 is 39.9 Å². The van der Waals surface area contributed by atoms with Crippen LogP contribution in [0.5, 0.6) is 5.75 Å². The number of benzene rings is 2. The van der Waals surface area contributed by atoms with Crippen LogP contribution in [-0.2, 0) is 32.7 Å². The number of nitrogen functional groups attached to an aromatic ring is 1. The minimum atomic E-state index is -0.960. The van der Waals surface area contributed by atoms with E-state index in [1.165, 1.54) is 16.7 Å². The number of carbonyl (C=O) groups excluding carboxylic acids is 2. The number of fused-ring (bicyclic) bond motifs is 2. The van der Waals surface area contributed by atoms with E-state index in [-0.39, 0.29) is 102 Å². The lowest BCUT2D eigenvalue weighted by Crippen LogP contribution is -2.77. The Bertz CT molecular complexity index is 3040. The van der Waals surface area contributed by atoms with Gasteiger partial charge in [0.25, 0.3) is 0 Å². The first-order valence-corrected chi connectivity index (χ1v) is 33.8. The van der Waals surface area contributed by atoms with E-state index in [1.807, 2.05) is 26.1 Å². The molecule has 3 spiro atoms. The molecule has 15 rings (SSSR count). The van der Waals surface area contributed by atoms with Crippen molar-refractivity contribution in [2.24, 2.45) is 92.7 Å². The number of aliphatic hydroxyl groups excluding tert-OH is 3. The van der Waals surface area contributed by atoms with Gasteiger partial charge in [-0.15, -0.1) is 0 Å². The minimum Gasteiger partial charge on any atom is -0.508 e. The van der Waals surface area contributed by atoms with Crippen LogP contribution in [0.2, 0.25) is 0 Å². The normalized spacial score (nSPS) is 46.8. The van der Waals surface area contributed by atoms with Crippen LogP contribution in [0.1, 0.15) is 185 Å². The van der Waals surface area contributed by atoms with E-state index in [4.69, 9.17) is 10.5 Å². The first-order chi connectivity index (χ1) is 40.2. The average Bonchev–Trinajstić information content (AvgIpc) is 1.22. The van der Waals surface area contributed by atoms with Crippen molar-refractivity contribution in [2.45, 2.75) is 210 Å². The van der Waals surface area contributed by atoms with Crippen LogP contribution >= 0.6 is 0 Å². The Balaban J connectivity index is 0.952. The number of rotatable bonds is 11. The molecule has 2 heterocycles. The summed E-state index contributed by atoms with van der Waals surface area (Å²) in [4.78, 5) is 33.9. The molecule has 22 atom stereocenters. The predicted octanol–water partition coefficient (Wildman–Crippen LogP) is 11.0. The molecule has 0 unspecified atom stereocenters. The number of β-amino-alcohol motifs (C(OH)–C–C–N with tert-alkyl or cyclic N) is 1. The molecule has 2 saturated heterocycles. The molecule has 9 N–H and O–H groups in total. The zero-order valence-corrected chi connectivity index (χ0v) is 51.5. The quantitative estimate of drug-likeness (QED) is 0.0605. The summed E-state index contributed by atoms with van der Waals surface area (Å²) in [5.41, 5.74) is 9.23. The Morgan fingerprint density at radius 1 is 0.857 bits per heavy atom. The zero-order valence-electron chi connectivity index (χ0n) is 51.5. The van der Waals surface area contributed by atoms with Crippen LogP contribution in [-0.4, -0.2) is 93.4 Å². The number of hydrogen-bond acceptors (Lipinski definition) is 11. The monoisotopic (exact) mass is 1150 g/mol. The lowest BCUT2D eigenvalue weighted by atomic mass is 9.28. The van der Waals surface area contributed by atoms with Crippen molar-refractivity contribution in [1.82, 2.24) is 10.6 Å². The minimum absolute atomic E-state index is 0.00895. The van der Waals surface area contributed by atoms with Gasteiger partial charge in [-0.3, -0.25) is 9.59 Å². The molecular formula is C73H101N3O8. The molecule has 0 amide bonds. The van der Waals surface area contributed by atoms with Gasteiger partial charge < -0.3 is 46.6 Å². The molecule has 0 radical (unpaired) electrons. The lowest BCUT2D eigenvalue weighted by Gasteiger charge is -2.75. The number of aromatic hydroxyl groups is 1. The number of phenols is 1. The second-order valence-electron chi connectivity index (χ2n) is 31.6. The van der Waals surface area contributed by atoms with Crippen molar-refractivity contribution in [3.8, 4) is 5.75 Å². The molecule has 11 aliphatic carbocycles. The fourth-order valence-electron chi connectivity index (χ4n) is 24.7. The highest BCUT2D eigenvalue weighted by Crippen LogP contribution is 2.83. The number of hydrogen-bond donors (Lipinski definition) is 8. The van der Waals surface area contributed by atoms with Crippen LogP contribution in [0.3, 0.4) is 0 Å². The van der Waals surface area contributed by atoms with Crippen molar-refractivity contribution in [3.63, 3.8) is 0 Å². The number of ether oxygens (including phenoxy) is 1. The molecule has 2 aliphatic heterocycles. The van der Waals surface area contributed by atoms with Gasteiger partial charge in [0.2, 0.25) is 0 Å². The molecule has 11 nitrogen and oxygen atoms in total. The average molecular weight is 1150 g/mol. The van der Waals surface area contributed by atoms with Gasteiger partial charge in [-0.1, -0.05) is 88.5 Å². The van der Waals surface area contributed by atoms with Crippen LogP contribution in [0.15, 0.2) is 71.8 Å². The van der Waals surface area contributed by atoms with Crippen molar-refractivity contribution >= 4 is 17.3 Å². The molecule has 6 saturated carbocycles. The fourth-order valence-corrected chi connectivity index (χ4v) is 24.7. The van der Waals surface area contributed by atoms with Gasteiger partial charge in [-0.25, -0.2) is 0 Å². The van der Waals surface area contributed by atoms with E-state index in [0.29, 0.717) is 63.3 Å². The van der Waals surface area contributed by atoms with Crippen molar-refractivity contribution in [2.75, 3.05) is 32.5 Å². The maximum absolute atomic E-state index is 17.2. The van der Waals surface area contributed by atoms with Gasteiger partial charge in [0.05, 0.1) is 22.7 Å². The Labute approximate surface area is 500 Å². The van der Waals surface area contributed by atoms with Gasteiger partial charge in [0.1, 0.15) is 11.9 Å². The van der Waals surface area contributed by atoms with Crippen LogP contribution in [0.25, 0.3) is 0 Å². The fraction of sp³-hybridized carbons (Fsp3) is 0.726. The van der Waals surface area contributed by atoms with Crippen molar-refractivity contribution in [1.29, 1.82) is 0 Å². The molecule has 84 heavy (non-hydrogen) atoms. The smallest absolute Gasteiger partial charge is 0.160 e. The maximum atomic E-state index is 17.2. The standard InChI is InChI=1S/C73H101N3O8/c1-41(2)28-42-29-46(33-49(74)31-42)51-12-9-13-54(51)69(5)65(84-69)63(81)53-20-19-52-45(38-77)16-15-44-17-18-47(39-78)73-35-56-64-68(4)58-14-10-25-70(64,24-8-7-23-67(3,83)40-76-56)66(82)72(58,48-30-43(37-75-6)32-50(79)34-48)27-11-26-71(73)36-57(80)62(61(53)60(44)52)55(71)21-22-59(68)73/h10,14,19-20,29-34,41,44-45,47,51-54,56,58-61,63-65,75-79,81,83H,7-9,11-13,15-18,21-28,35-40,74H2,1-6H3/t44-,45-,47-,51-,52-,53+,54+,56+,58+,59+,60-,61-,63+,64+,65+,67+,68-,69+,70-,71-,72+,73+/m0/s1. The first-order valence-electron chi connectivity index (χ1n) is 33.8. The summed E-state index contributed by atoms with van der Waals surface area (Å²) in [5.74, 6) is 0.973. The molecule has 13 aliphatic rings. The first kappa shape index (κ1) is 58.0. The summed E-state index contributed by atoms with van der Waals surface area (Å²) >= 11 is 0. The number of epoxide rings is 1. The Morgan fingerprint density at radius 3 is 2.45 bits per heavy atom. The molecule has 8 fully saturated rings. The predicted molar refractivity (Wildman–Crippen MR) is 327 cm³/mol. The number of phenolic OH excluding ortho intramolecular Hbond substituents is 1. The summed E-state index contributed by atoms with van der Waals surface area (Å²) in [7, 11) is 1.93. The molecule has 0 aromatic heterocycles. The Hall–Kier alpha value is -3.68. The second kappa shape index (κ2) is 20.7. The molecular weight excluding hydrogens is 1050 g/mol. The van der Waals surface area contributed by atoms with E-state index in [9.17, 15) is 25.5 Å². The van der Waals surface area contributed by atoms with E-state index >= 15 is 9.59 Å². The molecule has 2 aromatic carbocycles. The number of anilines is 1. The summed E-state index contributed by atoms with van der Waals surface area (Å²) in [6.45, 7) is 12.3. The number of ketones is 2. The zero-order chi connectivity index (χ0) is 58.7. The van der Waals surface area contributed by atoms with Gasteiger partial charge in [0, 0.05) is 61.2 Å². The highest BCUT2D eigenvalue weighted by molar-refractivity contribution is 6.01. The summed E-state index contributed by atoms with van der Waals surface area (Å²) < 4.78 is 7.06. The Kier molecular flexibility index (Phi) is 14.3. The number of nitrogens with one attached hydrogen (secondary N) is 2. The van der Waals surface area contributed by atoms with Crippen LogP contribution in [0, 0.1) is 92.7 Å². The molecule has 9 bridgehead atoms. The number of carbonyl (C=O) groups is 2. The van der Waals surface area contributed by atoms with Gasteiger partial charge in [-0.2, -0.15) is 0 Å². The van der Waals surface area contributed by atoms with Gasteiger partial charge >= 0.3 is 0 Å². The van der Waals surface area contributed by atoms with Crippen molar-refractivity contribution in [3.05, 3.63) is 94.1 Å². The van der Waals surface area contributed by atoms with E-state index in [1.54, 1.807) is 0 Å². The largest absolute Gasteiger partial charge is 0.508 e. The Morgan fingerprint density at radius 2 is 1.67 bits per heavy atom. The van der Waals surface area contributed by atoms with Crippen LogP contribution in [0.4, 0.5) is 5.69 Å². The van der Waals surface area contributed by atoms with Gasteiger partial charge in [0.15, 0.2) is 11.6 Å². The van der Waals surface area contributed by atoms with Gasteiger partial charge in [-0.05, 0) is 251 Å². The second-order valence-corrected chi connectivity index (χ2v) is 31.6. The topological polar surface area (TPSA) is 198 Å². The summed E-state index contributed by atoms with van der Waals surface area (Å²) in [6.07, 6.45) is 24.2. The highest BCUT2D eigenvalue weighted by atomic mass is 16.6. The molecule has 2 aromatic rings. The lowest BCUT2D eigenvalue weighted by molar-refractivity contribution is -0.244. The highest BCUT2D eigenvalue weighted by Gasteiger charge is 2.81. The third kappa shape index (κ3) is 8.18. The van der Waals surface area contributed by atoms with E-state index in [2.05, 4.69) is 86.9 Å².